The van der Waals surface area contributed by atoms with Gasteiger partial charge in [-0.2, -0.15) is 0 Å². The van der Waals surface area contributed by atoms with Crippen LogP contribution in [0.3, 0.4) is 0 Å². The van der Waals surface area contributed by atoms with Crippen molar-refractivity contribution in [2.45, 2.75) is 32.3 Å². The molecule has 17 heavy (non-hydrogen) atoms. The molecule has 0 radical (unpaired) electrons. The van der Waals surface area contributed by atoms with Crippen molar-refractivity contribution in [1.82, 2.24) is 0 Å². The van der Waals surface area contributed by atoms with Crippen molar-refractivity contribution in [2.75, 3.05) is 33.0 Å². The number of hydrogen-bond donors (Lipinski definition) is 2. The summed E-state index contributed by atoms with van der Waals surface area (Å²) in [5.41, 5.74) is 4.39. The lowest BCUT2D eigenvalue weighted by Crippen LogP contribution is -2.31. The van der Waals surface area contributed by atoms with Gasteiger partial charge in [0.1, 0.15) is 5.60 Å². The maximum Gasteiger partial charge on any atom is 0.405 e. The van der Waals surface area contributed by atoms with Gasteiger partial charge in [0.15, 0.2) is 0 Å². The molecule has 3 N–H and O–H groups in total. The summed E-state index contributed by atoms with van der Waals surface area (Å²) in [5, 5.41) is 8.45. The van der Waals surface area contributed by atoms with Gasteiger partial charge in [-0.25, -0.2) is 4.79 Å². The van der Waals surface area contributed by atoms with Gasteiger partial charge in [-0.05, 0) is 26.7 Å². The normalized spacial score (nSPS) is 11.5. The number of aliphatic hydroxyl groups excluding tert-OH is 1. The van der Waals surface area contributed by atoms with Gasteiger partial charge in [-0.1, -0.05) is 0 Å². The molecule has 0 saturated carbocycles. The largest absolute Gasteiger partial charge is 0.444 e. The monoisotopic (exact) mass is 249 g/mol. The number of nitrogens with two attached hydrogens (primary N) is 1. The third-order valence-electron chi connectivity index (χ3n) is 2.05. The third kappa shape index (κ3) is 11.4. The van der Waals surface area contributed by atoms with E-state index in [0.29, 0.717) is 32.8 Å². The molecule has 6 nitrogen and oxygen atoms in total. The summed E-state index contributed by atoms with van der Waals surface area (Å²) >= 11 is 0. The van der Waals surface area contributed by atoms with Crippen molar-refractivity contribution in [3.8, 4) is 0 Å². The molecule has 0 saturated heterocycles. The smallest absolute Gasteiger partial charge is 0.405 e. The quantitative estimate of drug-likeness (QED) is 0.555. The maximum atomic E-state index is 10.6. The molecule has 0 aromatic rings. The molecule has 0 unspecified atom stereocenters. The van der Waals surface area contributed by atoms with Crippen LogP contribution in [0.1, 0.15) is 26.7 Å². The molecule has 0 rings (SSSR count). The number of carbonyl (C=O) groups is 1. The van der Waals surface area contributed by atoms with E-state index in [9.17, 15) is 4.79 Å². The molecule has 0 bridgehead atoms. The molecular weight excluding hydrogens is 226 g/mol. The van der Waals surface area contributed by atoms with E-state index in [2.05, 4.69) is 0 Å². The van der Waals surface area contributed by atoms with E-state index in [1.165, 1.54) is 0 Å². The molecule has 102 valence electrons. The second-order valence-corrected chi connectivity index (χ2v) is 4.23. The Hall–Kier alpha value is -0.850. The number of ether oxygens (including phenoxy) is 3. The van der Waals surface area contributed by atoms with Crippen LogP contribution in [0, 0.1) is 0 Å². The van der Waals surface area contributed by atoms with Crippen LogP contribution in [-0.4, -0.2) is 49.8 Å². The molecular formula is C11H23NO5. The topological polar surface area (TPSA) is 91.0 Å². The van der Waals surface area contributed by atoms with E-state index in [4.69, 9.17) is 25.1 Å². The molecule has 0 heterocycles. The van der Waals surface area contributed by atoms with Gasteiger partial charge >= 0.3 is 6.09 Å². The van der Waals surface area contributed by atoms with Gasteiger partial charge in [0.25, 0.3) is 0 Å². The SMILES string of the molecule is CC(C)(CCCOCCOCCO)OC(N)=O. The van der Waals surface area contributed by atoms with Crippen molar-refractivity contribution >= 4 is 6.09 Å². The fraction of sp³-hybridized carbons (Fsp3) is 0.909. The molecule has 0 aliphatic heterocycles. The summed E-state index contributed by atoms with van der Waals surface area (Å²) < 4.78 is 15.3. The minimum atomic E-state index is -0.756. The summed E-state index contributed by atoms with van der Waals surface area (Å²) in [6.45, 7) is 5.53. The number of rotatable bonds is 10. The molecule has 0 aromatic carbocycles. The van der Waals surface area contributed by atoms with Crippen LogP contribution in [0.25, 0.3) is 0 Å². The van der Waals surface area contributed by atoms with E-state index in [0.717, 1.165) is 6.42 Å². The van der Waals surface area contributed by atoms with E-state index in [1.807, 2.05) is 13.8 Å². The third-order valence-corrected chi connectivity index (χ3v) is 2.05. The molecule has 1 amide bonds. The molecule has 0 aliphatic rings. The van der Waals surface area contributed by atoms with Crippen molar-refractivity contribution in [3.63, 3.8) is 0 Å². The zero-order valence-corrected chi connectivity index (χ0v) is 10.6. The highest BCUT2D eigenvalue weighted by Crippen LogP contribution is 2.16. The average molecular weight is 249 g/mol. The van der Waals surface area contributed by atoms with Crippen LogP contribution in [-0.2, 0) is 14.2 Å². The Morgan fingerprint density at radius 3 is 2.29 bits per heavy atom. The first-order valence-electron chi connectivity index (χ1n) is 5.73. The summed E-state index contributed by atoms with van der Waals surface area (Å²) in [4.78, 5) is 10.6. The zero-order valence-electron chi connectivity index (χ0n) is 10.6. The summed E-state index contributed by atoms with van der Waals surface area (Å²) in [5.74, 6) is 0. The Balaban J connectivity index is 3.35. The van der Waals surface area contributed by atoms with Crippen molar-refractivity contribution < 1.29 is 24.1 Å². The highest BCUT2D eigenvalue weighted by molar-refractivity contribution is 5.65. The molecule has 6 heteroatoms. The zero-order chi connectivity index (χ0) is 13.1. The Morgan fingerprint density at radius 2 is 1.76 bits per heavy atom. The van der Waals surface area contributed by atoms with E-state index < -0.39 is 11.7 Å². The molecule has 0 aliphatic carbocycles. The van der Waals surface area contributed by atoms with E-state index in [-0.39, 0.29) is 6.61 Å². The number of amides is 1. The van der Waals surface area contributed by atoms with Gasteiger partial charge < -0.3 is 25.1 Å². The lowest BCUT2D eigenvalue weighted by atomic mass is 10.0. The fourth-order valence-corrected chi connectivity index (χ4v) is 1.31. The summed E-state index contributed by atoms with van der Waals surface area (Å²) in [6, 6.07) is 0. The van der Waals surface area contributed by atoms with Gasteiger partial charge in [-0.15, -0.1) is 0 Å². The highest BCUT2D eigenvalue weighted by Gasteiger charge is 2.20. The van der Waals surface area contributed by atoms with Crippen LogP contribution in [0.4, 0.5) is 4.79 Å². The molecule has 0 aromatic heterocycles. The van der Waals surface area contributed by atoms with Gasteiger partial charge in [0.05, 0.1) is 26.4 Å². The fourth-order valence-electron chi connectivity index (χ4n) is 1.31. The Bertz CT molecular complexity index is 208. The summed E-state index contributed by atoms with van der Waals surface area (Å²) in [7, 11) is 0. The minimum Gasteiger partial charge on any atom is -0.444 e. The van der Waals surface area contributed by atoms with Crippen LogP contribution in [0.2, 0.25) is 0 Å². The lowest BCUT2D eigenvalue weighted by molar-refractivity contribution is 0.0143. The van der Waals surface area contributed by atoms with Crippen LogP contribution in [0.15, 0.2) is 0 Å². The number of primary amides is 1. The summed E-state index contributed by atoms with van der Waals surface area (Å²) in [6.07, 6.45) is 0.710. The number of aliphatic hydroxyl groups is 1. The molecule has 0 spiro atoms. The van der Waals surface area contributed by atoms with Crippen molar-refractivity contribution in [2.24, 2.45) is 5.73 Å². The minimum absolute atomic E-state index is 0.0264. The second-order valence-electron chi connectivity index (χ2n) is 4.23. The first kappa shape index (κ1) is 16.1. The maximum absolute atomic E-state index is 10.6. The predicted octanol–water partition coefficient (Wildman–Crippen LogP) is 0.666. The van der Waals surface area contributed by atoms with Crippen molar-refractivity contribution in [1.29, 1.82) is 0 Å². The number of carbonyl (C=O) groups excluding carboxylic acids is 1. The highest BCUT2D eigenvalue weighted by atomic mass is 16.6. The van der Waals surface area contributed by atoms with E-state index in [1.54, 1.807) is 0 Å². The average Bonchev–Trinajstić information content (AvgIpc) is 2.20. The Kier molecular flexibility index (Phi) is 8.75. The molecule has 0 atom stereocenters. The first-order chi connectivity index (χ1) is 7.98. The lowest BCUT2D eigenvalue weighted by Gasteiger charge is -2.23. The predicted molar refractivity (Wildman–Crippen MR) is 62.7 cm³/mol. The van der Waals surface area contributed by atoms with Gasteiger partial charge in [-0.3, -0.25) is 0 Å². The van der Waals surface area contributed by atoms with Crippen LogP contribution in [0.5, 0.6) is 0 Å². The number of hydrogen-bond acceptors (Lipinski definition) is 5. The Labute approximate surface area is 102 Å². The first-order valence-corrected chi connectivity index (χ1v) is 5.73. The van der Waals surface area contributed by atoms with Crippen LogP contribution < -0.4 is 5.73 Å². The van der Waals surface area contributed by atoms with Crippen LogP contribution >= 0.6 is 0 Å². The second kappa shape index (κ2) is 9.21. The van der Waals surface area contributed by atoms with Crippen molar-refractivity contribution in [3.05, 3.63) is 0 Å². The standard InChI is InChI=1S/C11H23NO5/c1-11(2,17-10(12)14)4-3-6-15-8-9-16-7-5-13/h13H,3-9H2,1-2H3,(H2,12,14). The van der Waals surface area contributed by atoms with Gasteiger partial charge in [0, 0.05) is 6.61 Å². The molecule has 0 fully saturated rings. The van der Waals surface area contributed by atoms with E-state index >= 15 is 0 Å². The Morgan fingerprint density at radius 1 is 1.18 bits per heavy atom. The van der Waals surface area contributed by atoms with Gasteiger partial charge in [0.2, 0.25) is 0 Å².